The summed E-state index contributed by atoms with van der Waals surface area (Å²) in [7, 11) is 1.61. The molecule has 4 atom stereocenters. The van der Waals surface area contributed by atoms with Gasteiger partial charge in [0, 0.05) is 19.6 Å². The Bertz CT molecular complexity index is 1180. The maximum absolute atomic E-state index is 12.0. The number of ketones is 1. The Hall–Kier alpha value is -3.92. The monoisotopic (exact) mass is 571 g/mol. The molecule has 2 aliphatic rings. The molecule has 0 aliphatic carbocycles. The van der Waals surface area contributed by atoms with Crippen LogP contribution >= 0.6 is 0 Å². The van der Waals surface area contributed by atoms with E-state index in [-0.39, 0.29) is 49.7 Å². The first kappa shape index (κ1) is 35.1. The molecule has 2 aromatic carbocycles. The third-order valence-electron chi connectivity index (χ3n) is 5.91. The van der Waals surface area contributed by atoms with E-state index >= 15 is 0 Å². The highest BCUT2D eigenvalue weighted by molar-refractivity contribution is 6.01. The van der Waals surface area contributed by atoms with Gasteiger partial charge in [-0.05, 0) is 58.4 Å². The van der Waals surface area contributed by atoms with E-state index in [1.165, 1.54) is 0 Å². The maximum atomic E-state index is 12.0. The van der Waals surface area contributed by atoms with Crippen LogP contribution < -0.4 is 10.1 Å². The van der Waals surface area contributed by atoms with Crippen LogP contribution in [0.4, 0.5) is 0 Å². The molecule has 2 aliphatic heterocycles. The highest BCUT2D eigenvalue weighted by atomic mass is 16.5. The molecule has 226 valence electrons. The van der Waals surface area contributed by atoms with Crippen molar-refractivity contribution in [2.45, 2.75) is 79.2 Å². The molecule has 0 bridgehead atoms. The summed E-state index contributed by atoms with van der Waals surface area (Å²) >= 11 is 0. The van der Waals surface area contributed by atoms with E-state index in [1.807, 2.05) is 45.0 Å². The number of nitrogens with zero attached hydrogens (tertiary/aromatic N) is 2. The lowest BCUT2D eigenvalue weighted by Crippen LogP contribution is -2.38. The fourth-order valence-electron chi connectivity index (χ4n) is 4.03. The lowest BCUT2D eigenvalue weighted by Gasteiger charge is -2.11. The van der Waals surface area contributed by atoms with Gasteiger partial charge in [0.15, 0.2) is 11.8 Å². The predicted molar refractivity (Wildman–Crippen MR) is 161 cm³/mol. The zero-order valence-electron chi connectivity index (χ0n) is 24.1. The molecule has 2 heterocycles. The number of nitrogens with one attached hydrogen (secondary N) is 1. The molecule has 2 aromatic rings. The number of benzene rings is 2. The molecule has 0 spiro atoms. The van der Waals surface area contributed by atoms with Crippen molar-refractivity contribution >= 4 is 23.5 Å². The molecule has 0 fully saturated rings. The van der Waals surface area contributed by atoms with Gasteiger partial charge in [-0.3, -0.25) is 9.59 Å². The van der Waals surface area contributed by atoms with Crippen molar-refractivity contribution in [1.29, 1.82) is 0 Å². The van der Waals surface area contributed by atoms with Gasteiger partial charge in [-0.15, -0.1) is 0 Å². The standard InChI is InChI=1S/C15H19NO3.C13H16N2O3.C2H6O.CH4/c1-4-7-12(17)14-10(2)19-15(16-14)11-8-5-6-9-13(11)18-3;1-3-14-12(17)11-8(2)18-13(15-11)9-6-4-5-7-10(9)16;1-2-3;/h5-6,8-10,14H,4,7H2,1-3H3;4-8,11,16H,3H2,1-2H3,(H,14,17);3H,2H2,1H3;1H4/t10-,14-;8-,11-;;/m00../s1. The zero-order valence-corrected chi connectivity index (χ0v) is 24.1. The number of para-hydroxylation sites is 2. The predicted octanol–water partition coefficient (Wildman–Crippen LogP) is 4.30. The van der Waals surface area contributed by atoms with E-state index in [0.29, 0.717) is 36.1 Å². The number of rotatable bonds is 8. The first-order chi connectivity index (χ1) is 19.2. The van der Waals surface area contributed by atoms with Crippen molar-refractivity contribution in [2.24, 2.45) is 9.98 Å². The Kier molecular flexibility index (Phi) is 15.2. The first-order valence-electron chi connectivity index (χ1n) is 13.5. The summed E-state index contributed by atoms with van der Waals surface area (Å²) in [6.45, 7) is 10.00. The van der Waals surface area contributed by atoms with Gasteiger partial charge in [-0.1, -0.05) is 38.6 Å². The minimum Gasteiger partial charge on any atom is -0.507 e. The molecule has 0 unspecified atom stereocenters. The van der Waals surface area contributed by atoms with E-state index < -0.39 is 6.04 Å². The summed E-state index contributed by atoms with van der Waals surface area (Å²) < 4.78 is 16.5. The third-order valence-corrected chi connectivity index (χ3v) is 5.91. The molecule has 1 amide bonds. The van der Waals surface area contributed by atoms with Crippen LogP contribution in [0, 0.1) is 0 Å². The van der Waals surface area contributed by atoms with Gasteiger partial charge < -0.3 is 29.7 Å². The number of likely N-dealkylation sites (N-methyl/N-ethyl adjacent to an activating group) is 1. The molecule has 10 heteroatoms. The maximum Gasteiger partial charge on any atom is 0.248 e. The van der Waals surface area contributed by atoms with Gasteiger partial charge in [0.05, 0.1) is 18.2 Å². The summed E-state index contributed by atoms with van der Waals surface area (Å²) in [5.74, 6) is 1.60. The highest BCUT2D eigenvalue weighted by Gasteiger charge is 2.35. The number of ether oxygens (including phenoxy) is 3. The molecule has 3 N–H and O–H groups in total. The summed E-state index contributed by atoms with van der Waals surface area (Å²) in [5, 5.41) is 20.0. The van der Waals surface area contributed by atoms with Crippen LogP contribution in [-0.2, 0) is 19.1 Å². The van der Waals surface area contributed by atoms with E-state index in [9.17, 15) is 14.7 Å². The summed E-state index contributed by atoms with van der Waals surface area (Å²) in [4.78, 5) is 32.4. The van der Waals surface area contributed by atoms with Gasteiger partial charge in [0.2, 0.25) is 17.7 Å². The number of carbonyl (C=O) groups excluding carboxylic acids is 2. The van der Waals surface area contributed by atoms with Crippen molar-refractivity contribution in [3.63, 3.8) is 0 Å². The largest absolute Gasteiger partial charge is 0.507 e. The number of carbonyl (C=O) groups is 2. The number of aliphatic hydroxyl groups is 1. The Balaban J connectivity index is 0.000000367. The van der Waals surface area contributed by atoms with Gasteiger partial charge in [-0.2, -0.15) is 0 Å². The molecule has 0 radical (unpaired) electrons. The molecule has 4 rings (SSSR count). The van der Waals surface area contributed by atoms with Gasteiger partial charge in [0.1, 0.15) is 29.7 Å². The van der Waals surface area contributed by atoms with Crippen molar-refractivity contribution in [3.8, 4) is 11.5 Å². The normalized spacial score (nSPS) is 20.3. The Morgan fingerprint density at radius 2 is 1.41 bits per heavy atom. The van der Waals surface area contributed by atoms with Crippen LogP contribution in [0.5, 0.6) is 11.5 Å². The highest BCUT2D eigenvalue weighted by Crippen LogP contribution is 2.26. The van der Waals surface area contributed by atoms with Crippen molar-refractivity contribution in [3.05, 3.63) is 59.7 Å². The number of phenolic OH excluding ortho intramolecular Hbond substituents is 1. The quantitative estimate of drug-likeness (QED) is 0.429. The molecule has 0 aromatic heterocycles. The third kappa shape index (κ3) is 9.60. The average molecular weight is 572 g/mol. The second-order valence-electron chi connectivity index (χ2n) is 9.05. The Morgan fingerprint density at radius 3 is 1.98 bits per heavy atom. The van der Waals surface area contributed by atoms with Crippen LogP contribution in [0.1, 0.15) is 66.0 Å². The number of hydrogen-bond donors (Lipinski definition) is 3. The minimum atomic E-state index is -0.556. The van der Waals surface area contributed by atoms with Crippen molar-refractivity contribution in [1.82, 2.24) is 5.32 Å². The molecule has 0 saturated heterocycles. The number of phenols is 1. The number of aliphatic hydroxyl groups excluding tert-OH is 1. The Labute approximate surface area is 243 Å². The van der Waals surface area contributed by atoms with Crippen molar-refractivity contribution in [2.75, 3.05) is 20.3 Å². The summed E-state index contributed by atoms with van der Waals surface area (Å²) in [6, 6.07) is 13.4. The van der Waals surface area contributed by atoms with E-state index in [1.54, 1.807) is 45.2 Å². The number of aromatic hydroxyl groups is 1. The van der Waals surface area contributed by atoms with Crippen molar-refractivity contribution < 1.29 is 34.0 Å². The second-order valence-corrected chi connectivity index (χ2v) is 9.05. The molecule has 41 heavy (non-hydrogen) atoms. The second kappa shape index (κ2) is 17.7. The molecule has 0 saturated carbocycles. The fourth-order valence-corrected chi connectivity index (χ4v) is 4.03. The lowest BCUT2D eigenvalue weighted by atomic mass is 10.1. The fraction of sp³-hybridized carbons (Fsp3) is 0.484. The number of amides is 1. The van der Waals surface area contributed by atoms with Gasteiger partial charge in [-0.25, -0.2) is 9.98 Å². The SMILES string of the molecule is C.CCCC(=O)[C@H]1N=C(c2ccccc2OC)O[C@H]1C.CCNC(=O)[C@H]1N=C(c2ccccc2O)O[C@H]1C.CCO. The molecule has 10 nitrogen and oxygen atoms in total. The van der Waals surface area contributed by atoms with Gasteiger partial charge >= 0.3 is 0 Å². The Morgan fingerprint density at radius 1 is 0.902 bits per heavy atom. The topological polar surface area (TPSA) is 139 Å². The number of hydrogen-bond acceptors (Lipinski definition) is 9. The van der Waals surface area contributed by atoms with E-state index in [4.69, 9.17) is 19.3 Å². The first-order valence-corrected chi connectivity index (χ1v) is 13.5. The average Bonchev–Trinajstić information content (AvgIpc) is 3.52. The molecular weight excluding hydrogens is 526 g/mol. The van der Waals surface area contributed by atoms with Crippen LogP contribution in [0.15, 0.2) is 58.5 Å². The van der Waals surface area contributed by atoms with Crippen LogP contribution in [0.3, 0.4) is 0 Å². The van der Waals surface area contributed by atoms with Crippen LogP contribution in [0.2, 0.25) is 0 Å². The lowest BCUT2D eigenvalue weighted by molar-refractivity contribution is -0.123. The van der Waals surface area contributed by atoms with Crippen LogP contribution in [-0.4, -0.2) is 78.3 Å². The van der Waals surface area contributed by atoms with Gasteiger partial charge in [0.25, 0.3) is 0 Å². The molecular formula is C31H45N3O7. The number of Topliss-reactive ketones (excluding diaryl/α,β-unsaturated/α-hetero) is 1. The van der Waals surface area contributed by atoms with E-state index in [2.05, 4.69) is 15.3 Å². The smallest absolute Gasteiger partial charge is 0.248 e. The minimum absolute atomic E-state index is 0. The summed E-state index contributed by atoms with van der Waals surface area (Å²) in [5.41, 5.74) is 1.31. The summed E-state index contributed by atoms with van der Waals surface area (Å²) in [6.07, 6.45) is 0.841. The number of methoxy groups -OCH3 is 1. The van der Waals surface area contributed by atoms with Crippen LogP contribution in [0.25, 0.3) is 0 Å². The zero-order chi connectivity index (χ0) is 29.7. The van der Waals surface area contributed by atoms with E-state index in [0.717, 1.165) is 12.0 Å². The number of aliphatic imine (C=N–C) groups is 2.